The number of esters is 1. The molecule has 21 heavy (non-hydrogen) atoms. The molecule has 0 saturated carbocycles. The van der Waals surface area contributed by atoms with Gasteiger partial charge in [-0.05, 0) is 43.0 Å². The van der Waals surface area contributed by atoms with Gasteiger partial charge in [-0.1, -0.05) is 11.6 Å². The second-order valence-corrected chi connectivity index (χ2v) is 4.76. The molecule has 0 fully saturated rings. The maximum Gasteiger partial charge on any atom is 0.348 e. The highest BCUT2D eigenvalue weighted by Gasteiger charge is 2.11. The van der Waals surface area contributed by atoms with E-state index in [1.54, 1.807) is 12.1 Å². The lowest BCUT2D eigenvalue weighted by atomic mass is 10.0. The second-order valence-electron chi connectivity index (χ2n) is 4.76. The minimum Gasteiger partial charge on any atom is -0.465 e. The molecule has 0 unspecified atom stereocenters. The molecule has 5 nitrogen and oxygen atoms in total. The van der Waals surface area contributed by atoms with E-state index in [4.69, 9.17) is 5.26 Å². The molecule has 1 N–H and O–H groups in total. The molecule has 1 aromatic heterocycles. The van der Waals surface area contributed by atoms with E-state index in [1.807, 2.05) is 26.0 Å². The van der Waals surface area contributed by atoms with Gasteiger partial charge in [0.25, 0.3) is 5.56 Å². The van der Waals surface area contributed by atoms with E-state index in [1.165, 1.54) is 13.2 Å². The van der Waals surface area contributed by atoms with Gasteiger partial charge in [0.2, 0.25) is 0 Å². The normalized spacial score (nSPS) is 11.2. The Kier molecular flexibility index (Phi) is 3.90. The van der Waals surface area contributed by atoms with Gasteiger partial charge in [0, 0.05) is 5.56 Å². The third kappa shape index (κ3) is 2.84. The van der Waals surface area contributed by atoms with Gasteiger partial charge in [0.05, 0.1) is 12.6 Å². The predicted octanol–water partition coefficient (Wildman–Crippen LogP) is 2.22. The molecule has 0 radical (unpaired) electrons. The number of ether oxygens (including phenoxy) is 1. The molecule has 0 amide bonds. The van der Waals surface area contributed by atoms with Crippen LogP contribution in [0.2, 0.25) is 0 Å². The van der Waals surface area contributed by atoms with Crippen molar-refractivity contribution in [1.82, 2.24) is 4.98 Å². The molecule has 1 heterocycles. The van der Waals surface area contributed by atoms with Crippen LogP contribution in [-0.4, -0.2) is 18.1 Å². The van der Waals surface area contributed by atoms with Gasteiger partial charge in [0.1, 0.15) is 11.6 Å². The van der Waals surface area contributed by atoms with Crippen molar-refractivity contribution in [1.29, 1.82) is 5.26 Å². The zero-order chi connectivity index (χ0) is 15.6. The van der Waals surface area contributed by atoms with E-state index in [9.17, 15) is 9.59 Å². The van der Waals surface area contributed by atoms with Crippen LogP contribution >= 0.6 is 0 Å². The van der Waals surface area contributed by atoms with Crippen LogP contribution in [0.4, 0.5) is 0 Å². The number of carbonyl (C=O) groups is 1. The smallest absolute Gasteiger partial charge is 0.348 e. The maximum atomic E-state index is 12.1. The number of aromatic nitrogens is 1. The number of carbonyl (C=O) groups excluding carboxylic acids is 1. The predicted molar refractivity (Wildman–Crippen MR) is 79.6 cm³/mol. The number of nitrogens with zero attached hydrogens (tertiary/aromatic N) is 1. The third-order valence-electron chi connectivity index (χ3n) is 3.15. The number of aryl methyl sites for hydroxylation is 2. The van der Waals surface area contributed by atoms with E-state index in [0.29, 0.717) is 0 Å². The van der Waals surface area contributed by atoms with Crippen LogP contribution in [-0.2, 0) is 9.53 Å². The van der Waals surface area contributed by atoms with Crippen LogP contribution in [0.1, 0.15) is 16.7 Å². The highest BCUT2D eigenvalue weighted by molar-refractivity contribution is 5.98. The lowest BCUT2D eigenvalue weighted by Gasteiger charge is -2.05. The van der Waals surface area contributed by atoms with E-state index in [2.05, 4.69) is 9.72 Å². The van der Waals surface area contributed by atoms with Crippen LogP contribution in [0, 0.1) is 25.2 Å². The Morgan fingerprint density at radius 2 is 2.05 bits per heavy atom. The van der Waals surface area contributed by atoms with Crippen molar-refractivity contribution in [3.8, 4) is 6.07 Å². The fraction of sp³-hybridized carbons (Fsp3) is 0.188. The number of benzene rings is 1. The molecule has 2 aromatic rings. The number of nitriles is 1. The average molecular weight is 282 g/mol. The number of hydrogen-bond acceptors (Lipinski definition) is 4. The molecule has 0 aliphatic rings. The quantitative estimate of drug-likeness (QED) is 0.520. The minimum atomic E-state index is -0.766. The minimum absolute atomic E-state index is 0.216. The summed E-state index contributed by atoms with van der Waals surface area (Å²) in [6, 6.07) is 7.30. The second kappa shape index (κ2) is 5.63. The third-order valence-corrected chi connectivity index (χ3v) is 3.15. The van der Waals surface area contributed by atoms with Crippen LogP contribution in [0.15, 0.2) is 28.6 Å². The number of H-pyrrole nitrogens is 1. The van der Waals surface area contributed by atoms with Gasteiger partial charge in [-0.15, -0.1) is 0 Å². The summed E-state index contributed by atoms with van der Waals surface area (Å²) in [6.07, 6.45) is 1.24. The van der Waals surface area contributed by atoms with Gasteiger partial charge in [-0.25, -0.2) is 4.79 Å². The summed E-state index contributed by atoms with van der Waals surface area (Å²) in [5.74, 6) is -0.766. The van der Waals surface area contributed by atoms with Crippen LogP contribution < -0.4 is 5.56 Å². The maximum absolute atomic E-state index is 12.1. The molecule has 1 aromatic carbocycles. The summed E-state index contributed by atoms with van der Waals surface area (Å²) >= 11 is 0. The van der Waals surface area contributed by atoms with Crippen LogP contribution in [0.3, 0.4) is 0 Å². The molecule has 0 saturated heterocycles. The fourth-order valence-corrected chi connectivity index (χ4v) is 2.21. The summed E-state index contributed by atoms with van der Waals surface area (Å²) in [6.45, 7) is 3.87. The summed E-state index contributed by atoms with van der Waals surface area (Å²) in [4.78, 5) is 26.3. The summed E-state index contributed by atoms with van der Waals surface area (Å²) < 4.78 is 4.50. The summed E-state index contributed by atoms with van der Waals surface area (Å²) in [5, 5.41) is 9.80. The Bertz CT molecular complexity index is 854. The van der Waals surface area contributed by atoms with Crippen LogP contribution in [0.5, 0.6) is 0 Å². The van der Waals surface area contributed by atoms with Crippen molar-refractivity contribution in [3.05, 3.63) is 50.8 Å². The van der Waals surface area contributed by atoms with E-state index < -0.39 is 5.97 Å². The number of rotatable bonds is 2. The van der Waals surface area contributed by atoms with Crippen molar-refractivity contribution >= 4 is 22.9 Å². The van der Waals surface area contributed by atoms with Gasteiger partial charge in [-0.3, -0.25) is 4.79 Å². The number of pyridine rings is 1. The number of fused-ring (bicyclic) bond motifs is 1. The molecular weight excluding hydrogens is 268 g/mol. The summed E-state index contributed by atoms with van der Waals surface area (Å²) in [7, 11) is 1.19. The SMILES string of the molecule is COC(=O)/C(C#N)=C/c1cc2cc(C)cc(C)c2[nH]c1=O. The topological polar surface area (TPSA) is 82.9 Å². The number of aromatic amines is 1. The molecule has 0 aliphatic heterocycles. The van der Waals surface area contributed by atoms with Crippen molar-refractivity contribution in [3.63, 3.8) is 0 Å². The van der Waals surface area contributed by atoms with Gasteiger partial charge in [0.15, 0.2) is 0 Å². The fourth-order valence-electron chi connectivity index (χ4n) is 2.21. The van der Waals surface area contributed by atoms with E-state index in [0.717, 1.165) is 22.0 Å². The molecule has 0 bridgehead atoms. The van der Waals surface area contributed by atoms with E-state index in [-0.39, 0.29) is 16.7 Å². The Morgan fingerprint density at radius 1 is 1.33 bits per heavy atom. The van der Waals surface area contributed by atoms with Gasteiger partial charge in [-0.2, -0.15) is 5.26 Å². The zero-order valence-corrected chi connectivity index (χ0v) is 12.0. The van der Waals surface area contributed by atoms with Crippen molar-refractivity contribution in [2.45, 2.75) is 13.8 Å². The highest BCUT2D eigenvalue weighted by Crippen LogP contribution is 2.18. The van der Waals surface area contributed by atoms with Crippen molar-refractivity contribution in [2.75, 3.05) is 7.11 Å². The first kappa shape index (κ1) is 14.5. The first-order valence-corrected chi connectivity index (χ1v) is 6.30. The lowest BCUT2D eigenvalue weighted by molar-refractivity contribution is -0.135. The Balaban J connectivity index is 2.69. The number of hydrogen-bond donors (Lipinski definition) is 1. The molecule has 0 atom stereocenters. The first-order chi connectivity index (χ1) is 9.96. The Morgan fingerprint density at radius 3 is 2.67 bits per heavy atom. The highest BCUT2D eigenvalue weighted by atomic mass is 16.5. The Hall–Kier alpha value is -2.87. The molecule has 106 valence electrons. The standard InChI is InChI=1S/C16H14N2O3/c1-9-4-10(2)14-11(5-9)6-12(15(19)18-14)7-13(8-17)16(20)21-3/h4-7H,1-3H3,(H,18,19)/b13-7+. The number of methoxy groups -OCH3 is 1. The van der Waals surface area contributed by atoms with E-state index >= 15 is 0 Å². The zero-order valence-electron chi connectivity index (χ0n) is 12.0. The van der Waals surface area contributed by atoms with Gasteiger partial charge < -0.3 is 9.72 Å². The largest absolute Gasteiger partial charge is 0.465 e. The van der Waals surface area contributed by atoms with Gasteiger partial charge >= 0.3 is 5.97 Å². The first-order valence-electron chi connectivity index (χ1n) is 6.30. The molecule has 2 rings (SSSR count). The van der Waals surface area contributed by atoms with Crippen LogP contribution in [0.25, 0.3) is 17.0 Å². The van der Waals surface area contributed by atoms with Crippen molar-refractivity contribution in [2.24, 2.45) is 0 Å². The molecular formula is C16H14N2O3. The molecule has 0 aliphatic carbocycles. The Labute approximate surface area is 121 Å². The monoisotopic (exact) mass is 282 g/mol. The lowest BCUT2D eigenvalue weighted by Crippen LogP contribution is -2.11. The number of nitrogens with one attached hydrogen (secondary N) is 1. The van der Waals surface area contributed by atoms with Crippen molar-refractivity contribution < 1.29 is 9.53 Å². The average Bonchev–Trinajstić information content (AvgIpc) is 2.45. The summed E-state index contributed by atoms with van der Waals surface area (Å²) in [5.41, 5.74) is 2.45. The molecule has 0 spiro atoms. The molecule has 5 heteroatoms.